The van der Waals surface area contributed by atoms with E-state index in [4.69, 9.17) is 9.97 Å². The second kappa shape index (κ2) is 10.2. The second-order valence-electron chi connectivity index (χ2n) is 9.76. The van der Waals surface area contributed by atoms with Gasteiger partial charge < -0.3 is 19.6 Å². The van der Waals surface area contributed by atoms with Crippen LogP contribution >= 0.6 is 0 Å². The number of hydrogen-bond acceptors (Lipinski definition) is 8. The van der Waals surface area contributed by atoms with Crippen molar-refractivity contribution in [3.05, 3.63) is 48.0 Å². The second-order valence-corrected chi connectivity index (χ2v) is 11.4. The summed E-state index contributed by atoms with van der Waals surface area (Å²) in [5, 5.41) is 0. The molecule has 2 aliphatic rings. The molecule has 38 heavy (non-hydrogen) atoms. The first-order chi connectivity index (χ1) is 18.0. The third kappa shape index (κ3) is 5.49. The van der Waals surface area contributed by atoms with Gasteiger partial charge in [0, 0.05) is 52.4 Å². The number of halogens is 3. The molecule has 2 aromatic carbocycles. The highest BCUT2D eigenvalue weighted by molar-refractivity contribution is 7.92. The van der Waals surface area contributed by atoms with Crippen molar-refractivity contribution in [2.45, 2.75) is 11.1 Å². The smallest absolute Gasteiger partial charge is 0.351 e. The topological polar surface area (TPSA) is 84.9 Å². The highest BCUT2D eigenvalue weighted by Gasteiger charge is 2.32. The summed E-state index contributed by atoms with van der Waals surface area (Å²) in [5.74, 6) is 1.44. The Morgan fingerprint density at radius 2 is 1.34 bits per heavy atom. The van der Waals surface area contributed by atoms with Crippen LogP contribution in [0.1, 0.15) is 5.56 Å². The van der Waals surface area contributed by atoms with Gasteiger partial charge in [-0.25, -0.2) is 18.4 Å². The van der Waals surface area contributed by atoms with Crippen LogP contribution in [0.4, 0.5) is 30.5 Å². The van der Waals surface area contributed by atoms with Gasteiger partial charge in [-0.2, -0.15) is 13.2 Å². The van der Waals surface area contributed by atoms with Crippen LogP contribution in [0.15, 0.2) is 47.4 Å². The third-order valence-electron chi connectivity index (χ3n) is 6.98. The minimum absolute atomic E-state index is 0.160. The summed E-state index contributed by atoms with van der Waals surface area (Å²) in [6, 6.07) is 8.64. The van der Waals surface area contributed by atoms with Crippen LogP contribution in [-0.4, -0.2) is 94.6 Å². The first kappa shape index (κ1) is 26.4. The van der Waals surface area contributed by atoms with Crippen molar-refractivity contribution >= 4 is 38.4 Å². The summed E-state index contributed by atoms with van der Waals surface area (Å²) in [5.41, 5.74) is -0.0316. The average Bonchev–Trinajstić information content (AvgIpc) is 2.89. The Labute approximate surface area is 219 Å². The Kier molecular flexibility index (Phi) is 7.09. The van der Waals surface area contributed by atoms with Gasteiger partial charge in [-0.15, -0.1) is 0 Å². The fourth-order valence-electron chi connectivity index (χ4n) is 4.65. The van der Waals surface area contributed by atoms with Crippen molar-refractivity contribution < 1.29 is 21.6 Å². The molecule has 3 aromatic rings. The maximum absolute atomic E-state index is 13.2. The molecule has 0 radical (unpaired) electrons. The monoisotopic (exact) mass is 549 g/mol. The van der Waals surface area contributed by atoms with E-state index in [1.165, 1.54) is 0 Å². The van der Waals surface area contributed by atoms with E-state index in [0.717, 1.165) is 76.4 Å². The number of hydrogen-bond donors (Lipinski definition) is 1. The minimum Gasteiger partial charge on any atom is -0.351 e. The number of benzene rings is 2. The average molecular weight is 550 g/mol. The summed E-state index contributed by atoms with van der Waals surface area (Å²) < 4.78 is 68.3. The number of para-hydroxylation sites is 1. The summed E-state index contributed by atoms with van der Waals surface area (Å²) >= 11 is 0. The van der Waals surface area contributed by atoms with E-state index in [1.54, 1.807) is 18.2 Å². The molecule has 1 N–H and O–H groups in total. The molecule has 1 aromatic heterocycles. The summed E-state index contributed by atoms with van der Waals surface area (Å²) in [4.78, 5) is 18.2. The van der Waals surface area contributed by atoms with Crippen molar-refractivity contribution in [2.24, 2.45) is 0 Å². The Balaban J connectivity index is 1.56. The summed E-state index contributed by atoms with van der Waals surface area (Å²) in [6.45, 7) is 6.55. The highest BCUT2D eigenvalue weighted by Crippen LogP contribution is 2.34. The molecule has 204 valence electrons. The predicted octanol–water partition coefficient (Wildman–Crippen LogP) is 2.95. The van der Waals surface area contributed by atoms with Crippen LogP contribution in [0.25, 0.3) is 11.0 Å². The molecular formula is C25H30F3N7O2S. The molecule has 0 amide bonds. The number of fused-ring (bicyclic) bond motifs is 1. The fourth-order valence-corrected chi connectivity index (χ4v) is 5.76. The Morgan fingerprint density at radius 1 is 0.789 bits per heavy atom. The van der Waals surface area contributed by atoms with Crippen LogP contribution in [0.2, 0.25) is 0 Å². The minimum atomic E-state index is -4.66. The maximum atomic E-state index is 13.2. The van der Waals surface area contributed by atoms with Crippen LogP contribution in [-0.2, 0) is 16.2 Å². The summed E-state index contributed by atoms with van der Waals surface area (Å²) in [7, 11) is -0.185. The van der Waals surface area contributed by atoms with Crippen LogP contribution in [0.5, 0.6) is 0 Å². The molecule has 2 aliphatic heterocycles. The van der Waals surface area contributed by atoms with Gasteiger partial charge in [-0.3, -0.25) is 4.72 Å². The van der Waals surface area contributed by atoms with Crippen molar-refractivity contribution in [3.63, 3.8) is 0 Å². The number of likely N-dealkylation sites (N-methyl/N-ethyl adjacent to an activating group) is 2. The Hall–Kier alpha value is -3.16. The van der Waals surface area contributed by atoms with Crippen LogP contribution in [0.3, 0.4) is 0 Å². The number of piperazine rings is 2. The molecule has 0 aliphatic carbocycles. The molecule has 5 rings (SSSR count). The van der Waals surface area contributed by atoms with Crippen molar-refractivity contribution in [3.8, 4) is 0 Å². The van der Waals surface area contributed by atoms with Crippen LogP contribution in [0, 0.1) is 0 Å². The van der Waals surface area contributed by atoms with E-state index >= 15 is 0 Å². The lowest BCUT2D eigenvalue weighted by Crippen LogP contribution is -2.48. The normalized spacial score (nSPS) is 18.2. The molecule has 0 saturated carbocycles. The third-order valence-corrected chi connectivity index (χ3v) is 8.34. The molecular weight excluding hydrogens is 519 g/mol. The number of anilines is 3. The van der Waals surface area contributed by atoms with Crippen molar-refractivity contribution in [1.29, 1.82) is 0 Å². The maximum Gasteiger partial charge on any atom is 0.416 e. The van der Waals surface area contributed by atoms with Crippen LogP contribution < -0.4 is 14.5 Å². The van der Waals surface area contributed by atoms with E-state index in [1.807, 2.05) is 0 Å². The van der Waals surface area contributed by atoms with Gasteiger partial charge >= 0.3 is 6.18 Å². The van der Waals surface area contributed by atoms with Gasteiger partial charge in [0.25, 0.3) is 10.0 Å². The molecule has 13 heteroatoms. The van der Waals surface area contributed by atoms with Gasteiger partial charge in [0.05, 0.1) is 21.7 Å². The number of sulfonamides is 1. The SMILES string of the molecule is CN1CCN(c2nc3cccc(NS(=O)(=O)c4cccc(C(F)(F)F)c4)c3nc2N2CCN(C)CC2)CC1. The zero-order chi connectivity index (χ0) is 27.1. The molecule has 0 atom stereocenters. The molecule has 0 unspecified atom stereocenters. The van der Waals surface area contributed by atoms with Crippen molar-refractivity contribution in [2.75, 3.05) is 81.0 Å². The lowest BCUT2D eigenvalue weighted by atomic mass is 10.2. The van der Waals surface area contributed by atoms with Gasteiger partial charge in [0.2, 0.25) is 0 Å². The standard InChI is InChI=1S/C25H30F3N7O2S/c1-32-9-13-34(14-10-32)23-24(35-15-11-33(2)12-16-35)30-22-20(29-23)7-4-8-21(22)31-38(36,37)19-6-3-5-18(17-19)25(26,27)28/h3-8,17,31H,9-16H2,1-2H3. The van der Waals surface area contributed by atoms with E-state index in [0.29, 0.717) is 22.9 Å². The lowest BCUT2D eigenvalue weighted by Gasteiger charge is -2.38. The molecule has 3 heterocycles. The number of rotatable bonds is 5. The van der Waals surface area contributed by atoms with Gasteiger partial charge in [-0.05, 0) is 44.4 Å². The quantitative estimate of drug-likeness (QED) is 0.520. The fraction of sp³-hybridized carbons (Fsp3) is 0.440. The number of nitrogens with one attached hydrogen (secondary N) is 1. The van der Waals surface area contributed by atoms with E-state index in [-0.39, 0.29) is 5.69 Å². The van der Waals surface area contributed by atoms with Crippen molar-refractivity contribution in [1.82, 2.24) is 19.8 Å². The largest absolute Gasteiger partial charge is 0.416 e. The molecule has 2 fully saturated rings. The number of aromatic nitrogens is 2. The predicted molar refractivity (Wildman–Crippen MR) is 141 cm³/mol. The molecule has 2 saturated heterocycles. The van der Waals surface area contributed by atoms with E-state index in [9.17, 15) is 21.6 Å². The first-order valence-corrected chi connectivity index (χ1v) is 13.9. The van der Waals surface area contributed by atoms with Gasteiger partial charge in [0.15, 0.2) is 11.6 Å². The Morgan fingerprint density at radius 3 is 1.92 bits per heavy atom. The molecule has 0 spiro atoms. The summed E-state index contributed by atoms with van der Waals surface area (Å²) in [6.07, 6.45) is -4.66. The zero-order valence-electron chi connectivity index (χ0n) is 21.2. The van der Waals surface area contributed by atoms with Gasteiger partial charge in [-0.1, -0.05) is 12.1 Å². The number of alkyl halides is 3. The number of nitrogens with zero attached hydrogens (tertiary/aromatic N) is 6. The lowest BCUT2D eigenvalue weighted by molar-refractivity contribution is -0.137. The molecule has 0 bridgehead atoms. The van der Waals surface area contributed by atoms with E-state index in [2.05, 4.69) is 38.4 Å². The van der Waals surface area contributed by atoms with Gasteiger partial charge in [0.1, 0.15) is 5.52 Å². The Bertz CT molecular complexity index is 1420. The first-order valence-electron chi connectivity index (χ1n) is 12.4. The van der Waals surface area contributed by atoms with E-state index < -0.39 is 26.7 Å². The zero-order valence-corrected chi connectivity index (χ0v) is 22.1. The highest BCUT2D eigenvalue weighted by atomic mass is 32.2. The molecule has 9 nitrogen and oxygen atoms in total.